The fraction of sp³-hybridized carbons (Fsp3) is 0.0833. The van der Waals surface area contributed by atoms with Gasteiger partial charge in [-0.25, -0.2) is 9.78 Å². The van der Waals surface area contributed by atoms with Crippen LogP contribution < -0.4 is 5.32 Å². The van der Waals surface area contributed by atoms with Crippen molar-refractivity contribution in [3.8, 4) is 11.3 Å². The van der Waals surface area contributed by atoms with E-state index < -0.39 is 5.97 Å². The van der Waals surface area contributed by atoms with Crippen LogP contribution in [0.3, 0.4) is 0 Å². The van der Waals surface area contributed by atoms with Crippen LogP contribution in [0.5, 0.6) is 0 Å². The Hall–Kier alpha value is -4.06. The molecule has 4 aromatic rings. The zero-order valence-corrected chi connectivity index (χ0v) is 16.5. The molecule has 0 unspecified atom stereocenters. The SMILES string of the molecule is COC(=O)c1ccc(C)c(NC(=O)c2cc(-c3cccnc3)nc3ccccc23)c1. The number of nitrogens with zero attached hydrogens (tertiary/aromatic N) is 2. The van der Waals surface area contributed by atoms with Crippen LogP contribution in [0.1, 0.15) is 26.3 Å². The van der Waals surface area contributed by atoms with Gasteiger partial charge in [0.1, 0.15) is 0 Å². The Labute approximate surface area is 173 Å². The summed E-state index contributed by atoms with van der Waals surface area (Å²) < 4.78 is 4.78. The molecule has 6 nitrogen and oxygen atoms in total. The standard InChI is InChI=1S/C24H19N3O3/c1-15-9-10-16(24(29)30-2)12-21(15)27-23(28)19-13-22(17-6-5-11-25-14-17)26-20-8-4-3-7-18(19)20/h3-14H,1-2H3,(H,27,28). The van der Waals surface area contributed by atoms with Crippen molar-refractivity contribution in [2.45, 2.75) is 6.92 Å². The molecule has 148 valence electrons. The first-order valence-corrected chi connectivity index (χ1v) is 9.37. The molecule has 2 aromatic carbocycles. The van der Waals surface area contributed by atoms with E-state index in [9.17, 15) is 9.59 Å². The van der Waals surface area contributed by atoms with E-state index >= 15 is 0 Å². The van der Waals surface area contributed by atoms with Gasteiger partial charge in [-0.3, -0.25) is 9.78 Å². The fourth-order valence-electron chi connectivity index (χ4n) is 3.22. The monoisotopic (exact) mass is 397 g/mol. The van der Waals surface area contributed by atoms with E-state index in [-0.39, 0.29) is 5.91 Å². The average molecular weight is 397 g/mol. The van der Waals surface area contributed by atoms with Crippen molar-refractivity contribution >= 4 is 28.5 Å². The van der Waals surface area contributed by atoms with Crippen LogP contribution in [-0.4, -0.2) is 29.0 Å². The number of rotatable bonds is 4. The molecule has 0 atom stereocenters. The lowest BCUT2D eigenvalue weighted by molar-refractivity contribution is 0.0600. The summed E-state index contributed by atoms with van der Waals surface area (Å²) in [6, 6.07) is 18.0. The van der Waals surface area contributed by atoms with Crippen molar-refractivity contribution in [1.29, 1.82) is 0 Å². The maximum atomic E-state index is 13.2. The number of benzene rings is 2. The van der Waals surface area contributed by atoms with Gasteiger partial charge >= 0.3 is 5.97 Å². The van der Waals surface area contributed by atoms with Crippen molar-refractivity contribution in [3.05, 3.63) is 89.7 Å². The smallest absolute Gasteiger partial charge is 0.337 e. The van der Waals surface area contributed by atoms with E-state index in [2.05, 4.69) is 15.3 Å². The van der Waals surface area contributed by atoms with Gasteiger partial charge in [0.2, 0.25) is 0 Å². The third kappa shape index (κ3) is 3.75. The molecule has 30 heavy (non-hydrogen) atoms. The van der Waals surface area contributed by atoms with Gasteiger partial charge in [-0.15, -0.1) is 0 Å². The quantitative estimate of drug-likeness (QED) is 0.507. The Morgan fingerprint density at radius 2 is 1.83 bits per heavy atom. The third-order valence-electron chi connectivity index (χ3n) is 4.82. The first-order chi connectivity index (χ1) is 14.6. The lowest BCUT2D eigenvalue weighted by Gasteiger charge is -2.13. The summed E-state index contributed by atoms with van der Waals surface area (Å²) in [7, 11) is 1.32. The van der Waals surface area contributed by atoms with Crippen LogP contribution in [0.2, 0.25) is 0 Å². The number of ether oxygens (including phenoxy) is 1. The molecular weight excluding hydrogens is 378 g/mol. The lowest BCUT2D eigenvalue weighted by Crippen LogP contribution is -2.14. The van der Waals surface area contributed by atoms with Crippen molar-refractivity contribution in [2.24, 2.45) is 0 Å². The molecule has 0 fully saturated rings. The highest BCUT2D eigenvalue weighted by Crippen LogP contribution is 2.26. The van der Waals surface area contributed by atoms with Gasteiger partial charge < -0.3 is 10.1 Å². The number of amides is 1. The van der Waals surface area contributed by atoms with Gasteiger partial charge in [0.05, 0.1) is 29.4 Å². The number of carbonyl (C=O) groups excluding carboxylic acids is 2. The van der Waals surface area contributed by atoms with E-state index in [1.807, 2.05) is 43.3 Å². The van der Waals surface area contributed by atoms with Crippen LogP contribution in [0.4, 0.5) is 5.69 Å². The summed E-state index contributed by atoms with van der Waals surface area (Å²) in [4.78, 5) is 33.9. The van der Waals surface area contributed by atoms with Crippen LogP contribution in [0.15, 0.2) is 73.1 Å². The maximum Gasteiger partial charge on any atom is 0.337 e. The van der Waals surface area contributed by atoms with Crippen LogP contribution in [-0.2, 0) is 4.74 Å². The minimum Gasteiger partial charge on any atom is -0.465 e. The van der Waals surface area contributed by atoms with Crippen LogP contribution in [0, 0.1) is 6.92 Å². The summed E-state index contributed by atoms with van der Waals surface area (Å²) >= 11 is 0. The van der Waals surface area contributed by atoms with Gasteiger partial charge in [0.25, 0.3) is 5.91 Å². The van der Waals surface area contributed by atoms with Gasteiger partial charge in [0, 0.05) is 29.0 Å². The topological polar surface area (TPSA) is 81.2 Å². The van der Waals surface area contributed by atoms with E-state index in [0.29, 0.717) is 28.0 Å². The molecule has 1 N–H and O–H groups in total. The largest absolute Gasteiger partial charge is 0.465 e. The summed E-state index contributed by atoms with van der Waals surface area (Å²) in [6.07, 6.45) is 3.40. The van der Waals surface area contributed by atoms with Crippen LogP contribution >= 0.6 is 0 Å². The van der Waals surface area contributed by atoms with Gasteiger partial charge in [-0.2, -0.15) is 0 Å². The maximum absolute atomic E-state index is 13.2. The van der Waals surface area contributed by atoms with Gasteiger partial charge in [-0.05, 0) is 48.9 Å². The van der Waals surface area contributed by atoms with Crippen molar-refractivity contribution in [3.63, 3.8) is 0 Å². The van der Waals surface area contributed by atoms with Crippen molar-refractivity contribution < 1.29 is 14.3 Å². The first-order valence-electron chi connectivity index (χ1n) is 9.37. The highest BCUT2D eigenvalue weighted by molar-refractivity contribution is 6.13. The van der Waals surface area contributed by atoms with Gasteiger partial charge in [0.15, 0.2) is 0 Å². The zero-order chi connectivity index (χ0) is 21.1. The predicted molar refractivity (Wildman–Crippen MR) is 115 cm³/mol. The number of hydrogen-bond acceptors (Lipinski definition) is 5. The first kappa shape index (κ1) is 19.3. The van der Waals surface area contributed by atoms with Gasteiger partial charge in [-0.1, -0.05) is 24.3 Å². The third-order valence-corrected chi connectivity index (χ3v) is 4.82. The Balaban J connectivity index is 1.78. The molecule has 0 saturated heterocycles. The van der Waals surface area contributed by atoms with Crippen LogP contribution in [0.25, 0.3) is 22.2 Å². The summed E-state index contributed by atoms with van der Waals surface area (Å²) in [5.41, 5.74) is 4.43. The normalized spacial score (nSPS) is 10.6. The average Bonchev–Trinajstić information content (AvgIpc) is 2.79. The molecule has 6 heteroatoms. The van der Waals surface area contributed by atoms with E-state index in [1.165, 1.54) is 7.11 Å². The minimum atomic E-state index is -0.460. The number of pyridine rings is 2. The molecule has 0 spiro atoms. The molecule has 0 aliphatic rings. The highest BCUT2D eigenvalue weighted by Gasteiger charge is 2.16. The summed E-state index contributed by atoms with van der Waals surface area (Å²) in [5, 5.41) is 3.67. The number of nitrogens with one attached hydrogen (secondary N) is 1. The second-order valence-electron chi connectivity index (χ2n) is 6.79. The second-order valence-corrected chi connectivity index (χ2v) is 6.79. The Kier molecular flexibility index (Phi) is 5.22. The highest BCUT2D eigenvalue weighted by atomic mass is 16.5. The summed E-state index contributed by atoms with van der Waals surface area (Å²) in [6.45, 7) is 1.86. The number of esters is 1. The predicted octanol–water partition coefficient (Wildman–Crippen LogP) is 4.64. The Morgan fingerprint density at radius 1 is 1.00 bits per heavy atom. The molecule has 1 amide bonds. The number of aromatic nitrogens is 2. The number of methoxy groups -OCH3 is 1. The Morgan fingerprint density at radius 3 is 2.60 bits per heavy atom. The van der Waals surface area contributed by atoms with E-state index in [4.69, 9.17) is 4.74 Å². The molecule has 0 radical (unpaired) electrons. The fourth-order valence-corrected chi connectivity index (χ4v) is 3.22. The number of fused-ring (bicyclic) bond motifs is 1. The lowest BCUT2D eigenvalue weighted by atomic mass is 10.0. The number of anilines is 1. The van der Waals surface area contributed by atoms with E-state index in [0.717, 1.165) is 16.5 Å². The summed E-state index contributed by atoms with van der Waals surface area (Å²) in [5.74, 6) is -0.748. The second kappa shape index (κ2) is 8.13. The molecular formula is C24H19N3O3. The van der Waals surface area contributed by atoms with Crippen molar-refractivity contribution in [2.75, 3.05) is 12.4 Å². The van der Waals surface area contributed by atoms with E-state index in [1.54, 1.807) is 36.7 Å². The number of aryl methyl sites for hydroxylation is 1. The molecule has 0 aliphatic carbocycles. The molecule has 2 heterocycles. The molecule has 0 aliphatic heterocycles. The Bertz CT molecular complexity index is 1250. The zero-order valence-electron chi connectivity index (χ0n) is 16.5. The molecule has 4 rings (SSSR count). The molecule has 2 aromatic heterocycles. The molecule has 0 bridgehead atoms. The number of hydrogen-bond donors (Lipinski definition) is 1. The molecule has 0 saturated carbocycles. The minimum absolute atomic E-state index is 0.288. The van der Waals surface area contributed by atoms with Crippen molar-refractivity contribution in [1.82, 2.24) is 9.97 Å². The number of para-hydroxylation sites is 1. The number of carbonyl (C=O) groups is 2.